The maximum atomic E-state index is 10.2. The third-order valence-corrected chi connectivity index (χ3v) is 1.27. The van der Waals surface area contributed by atoms with Gasteiger partial charge in [-0.1, -0.05) is 6.08 Å². The summed E-state index contributed by atoms with van der Waals surface area (Å²) in [5.41, 5.74) is 0. The van der Waals surface area contributed by atoms with Gasteiger partial charge in [-0.25, -0.2) is 4.90 Å². The van der Waals surface area contributed by atoms with E-state index in [0.717, 1.165) is 11.8 Å². The molecule has 0 bridgehead atoms. The molecule has 0 aliphatic rings. The predicted octanol–water partition coefficient (Wildman–Crippen LogP) is -0.783. The molecule has 0 unspecified atom stereocenters. The van der Waals surface area contributed by atoms with Gasteiger partial charge in [-0.15, -0.1) is 6.58 Å². The van der Waals surface area contributed by atoms with Crippen LogP contribution in [0.15, 0.2) is 12.7 Å². The van der Waals surface area contributed by atoms with Crippen LogP contribution in [-0.4, -0.2) is 45.2 Å². The molecule has 5 nitrogen and oxygen atoms in total. The number of aliphatic carboxylic acids is 1. The van der Waals surface area contributed by atoms with Gasteiger partial charge in [0, 0.05) is 13.5 Å². The maximum Gasteiger partial charge on any atom is 0.317 e. The molecule has 0 aromatic carbocycles. The molecule has 0 saturated heterocycles. The molecule has 0 rings (SSSR count). The Balaban J connectivity index is 4.22. The lowest BCUT2D eigenvalue weighted by molar-refractivity contribution is -0.247. The molecular weight excluding hydrogens is 162 g/mol. The number of rotatable bonds is 5. The van der Waals surface area contributed by atoms with Crippen LogP contribution in [0, 0.1) is 0 Å². The summed E-state index contributed by atoms with van der Waals surface area (Å²) in [5, 5.41) is 26.4. The molecular formula is C7H13NO4. The second-order valence-corrected chi connectivity index (χ2v) is 2.53. The summed E-state index contributed by atoms with van der Waals surface area (Å²) in [6.45, 7) is 4.13. The highest BCUT2D eigenvalue weighted by Crippen LogP contribution is 2.05. The maximum absolute atomic E-state index is 10.2. The fourth-order valence-electron chi connectivity index (χ4n) is 0.706. The van der Waals surface area contributed by atoms with Crippen LogP contribution in [0.4, 0.5) is 0 Å². The number of carbonyl (C=O) groups is 1. The number of nitrogens with zero attached hydrogens (tertiary/aromatic N) is 1. The molecule has 70 valence electrons. The third kappa shape index (κ3) is 4.07. The average molecular weight is 175 g/mol. The molecule has 0 atom stereocenters. The van der Waals surface area contributed by atoms with E-state index in [1.54, 1.807) is 0 Å². The first-order chi connectivity index (χ1) is 5.38. The first-order valence-corrected chi connectivity index (χ1v) is 3.40. The van der Waals surface area contributed by atoms with Crippen LogP contribution in [-0.2, 0) is 4.79 Å². The highest BCUT2D eigenvalue weighted by atomic mass is 16.5. The molecule has 0 aliphatic heterocycles. The molecule has 0 amide bonds. The largest absolute Gasteiger partial charge is 0.480 e. The van der Waals surface area contributed by atoms with Gasteiger partial charge in [-0.2, -0.15) is 0 Å². The van der Waals surface area contributed by atoms with Crippen molar-refractivity contribution >= 4 is 5.97 Å². The molecule has 0 heterocycles. The van der Waals surface area contributed by atoms with Crippen molar-refractivity contribution in [1.29, 1.82) is 0 Å². The minimum atomic E-state index is -2.12. The van der Waals surface area contributed by atoms with Crippen LogP contribution in [0.25, 0.3) is 0 Å². The van der Waals surface area contributed by atoms with Crippen LogP contribution >= 0.6 is 0 Å². The van der Waals surface area contributed by atoms with E-state index in [-0.39, 0.29) is 6.54 Å². The molecule has 12 heavy (non-hydrogen) atoms. The predicted molar refractivity (Wildman–Crippen MR) is 42.2 cm³/mol. The summed E-state index contributed by atoms with van der Waals surface area (Å²) in [6, 6.07) is 0. The Morgan fingerprint density at radius 2 is 2.17 bits per heavy atom. The van der Waals surface area contributed by atoms with Crippen molar-refractivity contribution in [3.8, 4) is 0 Å². The molecule has 0 aliphatic carbocycles. The van der Waals surface area contributed by atoms with E-state index in [1.165, 1.54) is 6.08 Å². The van der Waals surface area contributed by atoms with Crippen LogP contribution in [0.2, 0.25) is 0 Å². The van der Waals surface area contributed by atoms with Gasteiger partial charge in [-0.3, -0.25) is 4.79 Å². The Kier molecular flexibility index (Phi) is 3.88. The lowest BCUT2D eigenvalue weighted by Crippen LogP contribution is -2.48. The van der Waals surface area contributed by atoms with Crippen LogP contribution in [0.1, 0.15) is 6.92 Å². The quantitative estimate of drug-likeness (QED) is 0.377. The Morgan fingerprint density at radius 1 is 1.67 bits per heavy atom. The molecule has 5 heteroatoms. The fraction of sp³-hybridized carbons (Fsp3) is 0.571. The first kappa shape index (κ1) is 11.1. The molecule has 0 spiro atoms. The average Bonchev–Trinajstić information content (AvgIpc) is 1.83. The molecule has 0 aromatic heterocycles. The normalized spacial score (nSPS) is 11.7. The van der Waals surface area contributed by atoms with Crippen molar-refractivity contribution in [3.63, 3.8) is 0 Å². The summed E-state index contributed by atoms with van der Waals surface area (Å²) in [7, 11) is 0. The topological polar surface area (TPSA) is 81.0 Å². The zero-order valence-electron chi connectivity index (χ0n) is 6.90. The first-order valence-electron chi connectivity index (χ1n) is 3.40. The highest BCUT2D eigenvalue weighted by molar-refractivity contribution is 5.69. The van der Waals surface area contributed by atoms with Crippen LogP contribution in [0.3, 0.4) is 0 Å². The van der Waals surface area contributed by atoms with E-state index < -0.39 is 18.4 Å². The van der Waals surface area contributed by atoms with E-state index in [2.05, 4.69) is 6.58 Å². The van der Waals surface area contributed by atoms with E-state index in [1.807, 2.05) is 0 Å². The Morgan fingerprint density at radius 3 is 2.42 bits per heavy atom. The van der Waals surface area contributed by atoms with Crippen molar-refractivity contribution in [3.05, 3.63) is 12.7 Å². The van der Waals surface area contributed by atoms with Crippen molar-refractivity contribution < 1.29 is 20.1 Å². The Labute approximate surface area is 70.5 Å². The lowest BCUT2D eigenvalue weighted by Gasteiger charge is -2.29. The van der Waals surface area contributed by atoms with Crippen molar-refractivity contribution in [1.82, 2.24) is 4.90 Å². The van der Waals surface area contributed by atoms with E-state index in [4.69, 9.17) is 15.3 Å². The number of carboxylic acids is 1. The van der Waals surface area contributed by atoms with Crippen LogP contribution in [0.5, 0.6) is 0 Å². The summed E-state index contributed by atoms with van der Waals surface area (Å²) in [5.74, 6) is -3.24. The van der Waals surface area contributed by atoms with Gasteiger partial charge in [0.15, 0.2) is 0 Å². The van der Waals surface area contributed by atoms with Gasteiger partial charge in [-0.05, 0) is 0 Å². The van der Waals surface area contributed by atoms with Gasteiger partial charge in [0.1, 0.15) is 6.54 Å². The minimum absolute atomic E-state index is 0.107. The Bertz CT molecular complexity index is 173. The SMILES string of the molecule is C=CCN(CC(=O)O)C(C)(O)O. The summed E-state index contributed by atoms with van der Waals surface area (Å²) >= 11 is 0. The minimum Gasteiger partial charge on any atom is -0.480 e. The van der Waals surface area contributed by atoms with Gasteiger partial charge >= 0.3 is 5.97 Å². The smallest absolute Gasteiger partial charge is 0.317 e. The lowest BCUT2D eigenvalue weighted by atomic mass is 10.4. The molecule has 0 fully saturated rings. The second kappa shape index (κ2) is 4.20. The summed E-state index contributed by atoms with van der Waals surface area (Å²) in [4.78, 5) is 11.2. The van der Waals surface area contributed by atoms with Crippen molar-refractivity contribution in [2.45, 2.75) is 12.8 Å². The van der Waals surface area contributed by atoms with Crippen molar-refractivity contribution in [2.24, 2.45) is 0 Å². The van der Waals surface area contributed by atoms with E-state index in [9.17, 15) is 4.79 Å². The molecule has 0 radical (unpaired) electrons. The highest BCUT2D eigenvalue weighted by Gasteiger charge is 2.26. The molecule has 0 aromatic rings. The second-order valence-electron chi connectivity index (χ2n) is 2.53. The third-order valence-electron chi connectivity index (χ3n) is 1.27. The zero-order valence-corrected chi connectivity index (χ0v) is 6.90. The van der Waals surface area contributed by atoms with Gasteiger partial charge in [0.2, 0.25) is 5.91 Å². The fourth-order valence-corrected chi connectivity index (χ4v) is 0.706. The molecule has 0 saturated carbocycles. The van der Waals surface area contributed by atoms with Crippen molar-refractivity contribution in [2.75, 3.05) is 13.1 Å². The van der Waals surface area contributed by atoms with E-state index in [0.29, 0.717) is 0 Å². The monoisotopic (exact) mass is 175 g/mol. The summed E-state index contributed by atoms with van der Waals surface area (Å²) in [6.07, 6.45) is 1.40. The van der Waals surface area contributed by atoms with Gasteiger partial charge in [0.25, 0.3) is 0 Å². The van der Waals surface area contributed by atoms with E-state index >= 15 is 0 Å². The molecule has 3 N–H and O–H groups in total. The van der Waals surface area contributed by atoms with Crippen LogP contribution < -0.4 is 0 Å². The van der Waals surface area contributed by atoms with Gasteiger partial charge < -0.3 is 15.3 Å². The number of carboxylic acid groups (broad SMARTS) is 1. The standard InChI is InChI=1S/C7H13NO4/c1-3-4-8(5-6(9)10)7(2,11)12/h3,11-12H,1,4-5H2,2H3,(H,9,10). The number of hydrogen-bond acceptors (Lipinski definition) is 4. The number of aliphatic hydroxyl groups is 2. The van der Waals surface area contributed by atoms with Gasteiger partial charge in [0.05, 0.1) is 0 Å². The number of hydrogen-bond donors (Lipinski definition) is 3. The zero-order chi connectivity index (χ0) is 9.78. The Hall–Kier alpha value is -0.910. The summed E-state index contributed by atoms with van der Waals surface area (Å²) < 4.78 is 0.